The summed E-state index contributed by atoms with van der Waals surface area (Å²) in [5.41, 5.74) is 0. The third kappa shape index (κ3) is 23.6. The number of allylic oxidation sites excluding steroid dienone is 4. The SMILES string of the molecule is CCCC/C=C\C/C=C\CCCCCCCC(=O)OC(COC(=O)CCCCCCCCCCCCC)COC1OC(CO)C(O)C(O)C1O. The molecule has 0 aromatic rings. The highest BCUT2D eigenvalue weighted by atomic mass is 16.7. The number of rotatable bonds is 32. The molecule has 1 aliphatic heterocycles. The molecule has 1 rings (SSSR count). The number of hydrogen-bond donors (Lipinski definition) is 4. The zero-order chi connectivity index (χ0) is 36.7. The summed E-state index contributed by atoms with van der Waals surface area (Å²) in [6.07, 6.45) is 24.7. The van der Waals surface area contributed by atoms with Crippen LogP contribution in [0.5, 0.6) is 0 Å². The summed E-state index contributed by atoms with van der Waals surface area (Å²) in [6.45, 7) is 3.34. The Morgan fingerprint density at radius 2 is 1.14 bits per heavy atom. The number of esters is 2. The van der Waals surface area contributed by atoms with Crippen molar-refractivity contribution in [2.75, 3.05) is 19.8 Å². The van der Waals surface area contributed by atoms with Crippen molar-refractivity contribution in [2.45, 2.75) is 198 Å². The quantitative estimate of drug-likeness (QED) is 0.0316. The van der Waals surface area contributed by atoms with Crippen LogP contribution in [0.4, 0.5) is 0 Å². The van der Waals surface area contributed by atoms with Crippen LogP contribution in [-0.4, -0.2) is 89.0 Å². The summed E-state index contributed by atoms with van der Waals surface area (Å²) in [7, 11) is 0. The van der Waals surface area contributed by atoms with E-state index in [9.17, 15) is 30.0 Å². The zero-order valence-electron chi connectivity index (χ0n) is 31.4. The van der Waals surface area contributed by atoms with E-state index < -0.39 is 49.4 Å². The first-order valence-electron chi connectivity index (χ1n) is 19.9. The van der Waals surface area contributed by atoms with Crippen molar-refractivity contribution in [3.8, 4) is 0 Å². The fourth-order valence-electron chi connectivity index (χ4n) is 5.85. The molecule has 0 aromatic heterocycles. The Bertz CT molecular complexity index is 876. The molecule has 0 saturated carbocycles. The van der Waals surface area contributed by atoms with E-state index in [4.69, 9.17) is 18.9 Å². The van der Waals surface area contributed by atoms with Gasteiger partial charge in [-0.3, -0.25) is 9.59 Å². The molecule has 0 aromatic carbocycles. The van der Waals surface area contributed by atoms with Gasteiger partial charge in [0.1, 0.15) is 31.0 Å². The van der Waals surface area contributed by atoms with Crippen molar-refractivity contribution >= 4 is 11.9 Å². The van der Waals surface area contributed by atoms with E-state index in [2.05, 4.69) is 38.2 Å². The van der Waals surface area contributed by atoms with E-state index in [-0.39, 0.29) is 32.0 Å². The predicted octanol–water partition coefficient (Wildman–Crippen LogP) is 7.38. The fourth-order valence-corrected chi connectivity index (χ4v) is 5.85. The lowest BCUT2D eigenvalue weighted by molar-refractivity contribution is -0.305. The average Bonchev–Trinajstić information content (AvgIpc) is 3.11. The van der Waals surface area contributed by atoms with Gasteiger partial charge in [-0.25, -0.2) is 0 Å². The molecule has 6 atom stereocenters. The molecule has 0 spiro atoms. The number of aliphatic hydroxyl groups excluding tert-OH is 4. The second-order valence-electron chi connectivity index (χ2n) is 13.7. The number of aliphatic hydroxyl groups is 4. The van der Waals surface area contributed by atoms with Crippen molar-refractivity contribution in [1.29, 1.82) is 0 Å². The van der Waals surface area contributed by atoms with Crippen molar-refractivity contribution < 1.29 is 49.0 Å². The molecular formula is C40H72O10. The number of carbonyl (C=O) groups excluding carboxylic acids is 2. The van der Waals surface area contributed by atoms with Crippen molar-refractivity contribution in [3.05, 3.63) is 24.3 Å². The van der Waals surface area contributed by atoms with Crippen LogP contribution in [0.2, 0.25) is 0 Å². The van der Waals surface area contributed by atoms with Crippen LogP contribution in [0.3, 0.4) is 0 Å². The fraction of sp³-hybridized carbons (Fsp3) is 0.850. The Kier molecular flexibility index (Phi) is 29.5. The first kappa shape index (κ1) is 46.2. The summed E-state index contributed by atoms with van der Waals surface area (Å²) in [6, 6.07) is 0. The Hall–Kier alpha value is -1.82. The normalized spacial score (nSPS) is 21.6. The molecule has 50 heavy (non-hydrogen) atoms. The third-order valence-electron chi connectivity index (χ3n) is 9.09. The topological polar surface area (TPSA) is 152 Å². The molecule has 4 N–H and O–H groups in total. The van der Waals surface area contributed by atoms with Crippen molar-refractivity contribution in [1.82, 2.24) is 0 Å². The predicted molar refractivity (Wildman–Crippen MR) is 196 cm³/mol. The molecule has 0 amide bonds. The average molecular weight is 713 g/mol. The molecule has 6 unspecified atom stereocenters. The van der Waals surface area contributed by atoms with Crippen molar-refractivity contribution in [3.63, 3.8) is 0 Å². The van der Waals surface area contributed by atoms with Gasteiger partial charge in [-0.1, -0.05) is 134 Å². The summed E-state index contributed by atoms with van der Waals surface area (Å²) >= 11 is 0. The molecule has 1 heterocycles. The largest absolute Gasteiger partial charge is 0.462 e. The molecule has 10 nitrogen and oxygen atoms in total. The van der Waals surface area contributed by atoms with Crippen LogP contribution >= 0.6 is 0 Å². The van der Waals surface area contributed by atoms with Crippen LogP contribution < -0.4 is 0 Å². The Morgan fingerprint density at radius 1 is 0.620 bits per heavy atom. The lowest BCUT2D eigenvalue weighted by Crippen LogP contribution is -2.59. The Balaban J connectivity index is 2.40. The van der Waals surface area contributed by atoms with Gasteiger partial charge in [0.2, 0.25) is 0 Å². The highest BCUT2D eigenvalue weighted by Gasteiger charge is 2.44. The molecule has 1 fully saturated rings. The molecule has 0 bridgehead atoms. The summed E-state index contributed by atoms with van der Waals surface area (Å²) in [5.74, 6) is -0.822. The van der Waals surface area contributed by atoms with Crippen LogP contribution in [0, 0.1) is 0 Å². The Morgan fingerprint density at radius 3 is 1.72 bits per heavy atom. The van der Waals surface area contributed by atoms with E-state index in [0.717, 1.165) is 64.2 Å². The molecule has 1 saturated heterocycles. The zero-order valence-corrected chi connectivity index (χ0v) is 31.4. The maximum atomic E-state index is 12.7. The minimum Gasteiger partial charge on any atom is -0.462 e. The maximum absolute atomic E-state index is 12.7. The number of hydrogen-bond acceptors (Lipinski definition) is 10. The van der Waals surface area contributed by atoms with Crippen LogP contribution in [0.1, 0.15) is 162 Å². The van der Waals surface area contributed by atoms with Gasteiger partial charge >= 0.3 is 11.9 Å². The van der Waals surface area contributed by atoms with E-state index in [1.807, 2.05) is 0 Å². The van der Waals surface area contributed by atoms with E-state index in [1.165, 1.54) is 64.2 Å². The molecule has 1 aliphatic rings. The lowest BCUT2D eigenvalue weighted by Gasteiger charge is -2.39. The van der Waals surface area contributed by atoms with Crippen LogP contribution in [-0.2, 0) is 28.5 Å². The second kappa shape index (κ2) is 31.9. The van der Waals surface area contributed by atoms with Crippen LogP contribution in [0.25, 0.3) is 0 Å². The van der Waals surface area contributed by atoms with Gasteiger partial charge in [0.15, 0.2) is 12.4 Å². The first-order valence-corrected chi connectivity index (χ1v) is 19.9. The van der Waals surface area contributed by atoms with E-state index in [0.29, 0.717) is 6.42 Å². The standard InChI is InChI=1S/C40H72O10/c1-3-5-7-9-11-13-15-16-17-19-21-23-25-27-29-36(43)49-33(32-48-40-39(46)38(45)37(44)34(30-41)50-40)31-47-35(42)28-26-24-22-20-18-14-12-10-8-6-4-2/h9,11,15-16,33-34,37-41,44-46H,3-8,10,12-14,17-32H2,1-2H3/b11-9-,16-15-. The number of carbonyl (C=O) groups is 2. The maximum Gasteiger partial charge on any atom is 0.306 e. The third-order valence-corrected chi connectivity index (χ3v) is 9.09. The van der Waals surface area contributed by atoms with Gasteiger partial charge in [0.05, 0.1) is 13.2 Å². The van der Waals surface area contributed by atoms with E-state index >= 15 is 0 Å². The van der Waals surface area contributed by atoms with Gasteiger partial charge in [0, 0.05) is 12.8 Å². The van der Waals surface area contributed by atoms with Gasteiger partial charge in [-0.15, -0.1) is 0 Å². The number of ether oxygens (including phenoxy) is 4. The highest BCUT2D eigenvalue weighted by Crippen LogP contribution is 2.22. The number of unbranched alkanes of at least 4 members (excludes halogenated alkanes) is 17. The Labute approximate surface area is 303 Å². The van der Waals surface area contributed by atoms with Crippen molar-refractivity contribution in [2.24, 2.45) is 0 Å². The smallest absolute Gasteiger partial charge is 0.306 e. The first-order chi connectivity index (χ1) is 24.3. The van der Waals surface area contributed by atoms with Gasteiger partial charge in [-0.05, 0) is 38.5 Å². The molecule has 0 aliphatic carbocycles. The monoisotopic (exact) mass is 713 g/mol. The minimum atomic E-state index is -1.59. The minimum absolute atomic E-state index is 0.216. The summed E-state index contributed by atoms with van der Waals surface area (Å²) in [4.78, 5) is 25.2. The molecule has 0 radical (unpaired) electrons. The van der Waals surface area contributed by atoms with Gasteiger partial charge in [0.25, 0.3) is 0 Å². The van der Waals surface area contributed by atoms with Gasteiger partial charge in [-0.2, -0.15) is 0 Å². The summed E-state index contributed by atoms with van der Waals surface area (Å²) < 4.78 is 22.0. The molecular weight excluding hydrogens is 640 g/mol. The summed E-state index contributed by atoms with van der Waals surface area (Å²) in [5, 5.41) is 39.9. The van der Waals surface area contributed by atoms with Gasteiger partial charge < -0.3 is 39.4 Å². The van der Waals surface area contributed by atoms with Crippen LogP contribution in [0.15, 0.2) is 24.3 Å². The lowest BCUT2D eigenvalue weighted by atomic mass is 9.99. The second-order valence-corrected chi connectivity index (χ2v) is 13.7. The molecule has 10 heteroatoms. The molecule has 292 valence electrons. The van der Waals surface area contributed by atoms with E-state index in [1.54, 1.807) is 0 Å². The highest BCUT2D eigenvalue weighted by molar-refractivity contribution is 5.70.